The highest BCUT2D eigenvalue weighted by Gasteiger charge is 2.37. The number of fused-ring (bicyclic) bond motifs is 1. The summed E-state index contributed by atoms with van der Waals surface area (Å²) in [5.41, 5.74) is 4.02. The first-order valence-electron chi connectivity index (χ1n) is 5.52. The Morgan fingerprint density at radius 3 is 2.93 bits per heavy atom. The number of aromatic nitrogens is 1. The van der Waals surface area contributed by atoms with Crippen molar-refractivity contribution in [2.75, 3.05) is 0 Å². The van der Waals surface area contributed by atoms with E-state index in [0.29, 0.717) is 5.41 Å². The number of nitrogens with one attached hydrogen (secondary N) is 1. The van der Waals surface area contributed by atoms with Crippen LogP contribution in [0.5, 0.6) is 0 Å². The van der Waals surface area contributed by atoms with Gasteiger partial charge in [0, 0.05) is 17.1 Å². The van der Waals surface area contributed by atoms with E-state index in [1.165, 1.54) is 35.7 Å². The molecule has 0 aliphatic heterocycles. The third kappa shape index (κ3) is 1.58. The largest absolute Gasteiger partial charge is 0.361 e. The van der Waals surface area contributed by atoms with Gasteiger partial charge in [0.2, 0.25) is 0 Å². The molecule has 1 aromatic heterocycles. The lowest BCUT2D eigenvalue weighted by Gasteiger charge is -2.06. The van der Waals surface area contributed by atoms with Crippen molar-refractivity contribution in [3.63, 3.8) is 0 Å². The van der Waals surface area contributed by atoms with Gasteiger partial charge < -0.3 is 4.98 Å². The van der Waals surface area contributed by atoms with Crippen molar-refractivity contribution in [3.8, 4) is 0 Å². The Bertz CT molecular complexity index is 508. The van der Waals surface area contributed by atoms with Crippen molar-refractivity contribution in [1.82, 2.24) is 4.98 Å². The summed E-state index contributed by atoms with van der Waals surface area (Å²) >= 11 is 0. The van der Waals surface area contributed by atoms with Gasteiger partial charge in [-0.3, -0.25) is 0 Å². The van der Waals surface area contributed by atoms with Crippen molar-refractivity contribution in [3.05, 3.63) is 30.0 Å². The van der Waals surface area contributed by atoms with E-state index in [1.54, 1.807) is 0 Å². The molecular formula is C13H14BN. The summed E-state index contributed by atoms with van der Waals surface area (Å²) in [5, 5.41) is 1.29. The Labute approximate surface area is 91.3 Å². The lowest BCUT2D eigenvalue weighted by Crippen LogP contribution is -2.01. The number of benzene rings is 1. The molecule has 15 heavy (non-hydrogen) atoms. The molecule has 2 aromatic rings. The minimum atomic E-state index is 0.555. The van der Waals surface area contributed by atoms with Crippen LogP contribution < -0.4 is 5.46 Å². The van der Waals surface area contributed by atoms with Gasteiger partial charge in [-0.2, -0.15) is 0 Å². The van der Waals surface area contributed by atoms with Crippen LogP contribution in [-0.2, 0) is 6.42 Å². The van der Waals surface area contributed by atoms with Gasteiger partial charge in [0.1, 0.15) is 7.85 Å². The Morgan fingerprint density at radius 2 is 2.20 bits per heavy atom. The Morgan fingerprint density at radius 1 is 1.40 bits per heavy atom. The van der Waals surface area contributed by atoms with Crippen LogP contribution in [0.1, 0.15) is 25.3 Å². The number of H-pyrrole nitrogens is 1. The molecular weight excluding hydrogens is 181 g/mol. The predicted octanol–water partition coefficient (Wildman–Crippen LogP) is 2.30. The molecule has 1 N–H and O–H groups in total. The van der Waals surface area contributed by atoms with Gasteiger partial charge in [0.15, 0.2) is 0 Å². The molecule has 0 atom stereocenters. The number of hydrogen-bond donors (Lipinski definition) is 1. The molecule has 1 heterocycles. The Kier molecular flexibility index (Phi) is 1.76. The molecule has 0 amide bonds. The van der Waals surface area contributed by atoms with Crippen LogP contribution in [0.4, 0.5) is 0 Å². The van der Waals surface area contributed by atoms with Crippen LogP contribution in [0.3, 0.4) is 0 Å². The van der Waals surface area contributed by atoms with Gasteiger partial charge in [-0.1, -0.05) is 24.5 Å². The van der Waals surface area contributed by atoms with Gasteiger partial charge >= 0.3 is 0 Å². The van der Waals surface area contributed by atoms with Crippen LogP contribution >= 0.6 is 0 Å². The Balaban J connectivity index is 2.06. The maximum atomic E-state index is 5.82. The first-order valence-corrected chi connectivity index (χ1v) is 5.52. The lowest BCUT2D eigenvalue weighted by atomic mass is 9.92. The summed E-state index contributed by atoms with van der Waals surface area (Å²) in [6, 6.07) is 6.08. The van der Waals surface area contributed by atoms with E-state index in [1.807, 2.05) is 6.07 Å². The third-order valence-corrected chi connectivity index (χ3v) is 3.51. The van der Waals surface area contributed by atoms with E-state index in [2.05, 4.69) is 30.2 Å². The van der Waals surface area contributed by atoms with Gasteiger partial charge in [0.05, 0.1) is 0 Å². The molecule has 2 heteroatoms. The second-order valence-corrected chi connectivity index (χ2v) is 5.11. The lowest BCUT2D eigenvalue weighted by molar-refractivity contribution is 0.573. The second kappa shape index (κ2) is 2.91. The summed E-state index contributed by atoms with van der Waals surface area (Å²) in [5.74, 6) is 0. The van der Waals surface area contributed by atoms with Crippen molar-refractivity contribution in [1.29, 1.82) is 0 Å². The fourth-order valence-electron chi connectivity index (χ4n) is 2.19. The molecule has 1 aliphatic carbocycles. The topological polar surface area (TPSA) is 15.8 Å². The third-order valence-electron chi connectivity index (χ3n) is 3.51. The molecule has 1 saturated carbocycles. The van der Waals surface area contributed by atoms with E-state index in [9.17, 15) is 0 Å². The molecule has 74 valence electrons. The fraction of sp³-hybridized carbons (Fsp3) is 0.385. The number of aromatic amines is 1. The standard InChI is InChI=1S/C13H14BN/c1-13(4-5-13)7-9-8-15-12-3-2-10(14)6-11(9)12/h2-3,6,8,15H,4-5,7H2,1H3. The highest BCUT2D eigenvalue weighted by atomic mass is 14.7. The van der Waals surface area contributed by atoms with Gasteiger partial charge in [0.25, 0.3) is 0 Å². The Hall–Kier alpha value is -1.18. The van der Waals surface area contributed by atoms with Crippen LogP contribution in [-0.4, -0.2) is 12.8 Å². The first-order chi connectivity index (χ1) is 7.16. The van der Waals surface area contributed by atoms with Gasteiger partial charge in [-0.15, -0.1) is 0 Å². The van der Waals surface area contributed by atoms with E-state index < -0.39 is 0 Å². The maximum Gasteiger partial charge on any atom is 0.113 e. The van der Waals surface area contributed by atoms with E-state index in [-0.39, 0.29) is 0 Å². The summed E-state index contributed by atoms with van der Waals surface area (Å²) in [7, 11) is 5.82. The number of hydrogen-bond acceptors (Lipinski definition) is 0. The van der Waals surface area contributed by atoms with Crippen LogP contribution in [0.15, 0.2) is 24.4 Å². The average molecular weight is 195 g/mol. The molecule has 1 nitrogen and oxygen atoms in total. The molecule has 0 spiro atoms. The normalized spacial score (nSPS) is 18.2. The minimum Gasteiger partial charge on any atom is -0.361 e. The van der Waals surface area contributed by atoms with Crippen molar-refractivity contribution in [2.24, 2.45) is 5.41 Å². The maximum absolute atomic E-state index is 5.82. The van der Waals surface area contributed by atoms with Gasteiger partial charge in [-0.25, -0.2) is 0 Å². The monoisotopic (exact) mass is 195 g/mol. The highest BCUT2D eigenvalue weighted by molar-refractivity contribution is 6.33. The molecule has 0 saturated heterocycles. The van der Waals surface area contributed by atoms with E-state index in [4.69, 9.17) is 7.85 Å². The second-order valence-electron chi connectivity index (χ2n) is 5.11. The van der Waals surface area contributed by atoms with Crippen molar-refractivity contribution in [2.45, 2.75) is 26.2 Å². The smallest absolute Gasteiger partial charge is 0.113 e. The predicted molar refractivity (Wildman–Crippen MR) is 64.7 cm³/mol. The quantitative estimate of drug-likeness (QED) is 0.707. The van der Waals surface area contributed by atoms with Crippen molar-refractivity contribution < 1.29 is 0 Å². The molecule has 2 radical (unpaired) electrons. The summed E-state index contributed by atoms with van der Waals surface area (Å²) < 4.78 is 0. The van der Waals surface area contributed by atoms with Gasteiger partial charge in [-0.05, 0) is 36.3 Å². The first kappa shape index (κ1) is 9.08. The molecule has 0 bridgehead atoms. The van der Waals surface area contributed by atoms with Crippen molar-refractivity contribution >= 4 is 24.2 Å². The molecule has 0 unspecified atom stereocenters. The number of rotatable bonds is 2. The zero-order valence-electron chi connectivity index (χ0n) is 9.01. The van der Waals surface area contributed by atoms with E-state index in [0.717, 1.165) is 5.46 Å². The zero-order chi connectivity index (χ0) is 10.5. The zero-order valence-corrected chi connectivity index (χ0v) is 9.01. The van der Waals surface area contributed by atoms with Crippen LogP contribution in [0, 0.1) is 5.41 Å². The molecule has 1 aliphatic rings. The molecule has 1 fully saturated rings. The summed E-state index contributed by atoms with van der Waals surface area (Å²) in [4.78, 5) is 3.31. The molecule has 3 rings (SSSR count). The van der Waals surface area contributed by atoms with Crippen LogP contribution in [0.2, 0.25) is 0 Å². The highest BCUT2D eigenvalue weighted by Crippen LogP contribution is 2.48. The summed E-state index contributed by atoms with van der Waals surface area (Å²) in [6.07, 6.45) is 6.04. The van der Waals surface area contributed by atoms with Crippen LogP contribution in [0.25, 0.3) is 10.9 Å². The minimum absolute atomic E-state index is 0.555. The van der Waals surface area contributed by atoms with E-state index >= 15 is 0 Å². The summed E-state index contributed by atoms with van der Waals surface area (Å²) in [6.45, 7) is 2.36. The average Bonchev–Trinajstić information content (AvgIpc) is 2.80. The SMILES string of the molecule is [B]c1ccc2[nH]cc(CC3(C)CC3)c2c1. The fourth-order valence-corrected chi connectivity index (χ4v) is 2.19. The molecule has 1 aromatic carbocycles.